The van der Waals surface area contributed by atoms with Crippen LogP contribution in [0.4, 0.5) is 0 Å². The molecular weight excluding hydrogens is 412 g/mol. The smallest absolute Gasteiger partial charge is 0.192 e. The van der Waals surface area contributed by atoms with Gasteiger partial charge in [0.15, 0.2) is 11.0 Å². The normalized spacial score (nSPS) is 11.0. The zero-order valence-electron chi connectivity index (χ0n) is 13.7. The summed E-state index contributed by atoms with van der Waals surface area (Å²) in [6.45, 7) is 0.576. The van der Waals surface area contributed by atoms with Gasteiger partial charge in [0.1, 0.15) is 5.76 Å². The van der Waals surface area contributed by atoms with Gasteiger partial charge >= 0.3 is 0 Å². The maximum Gasteiger partial charge on any atom is 0.192 e. The predicted molar refractivity (Wildman–Crippen MR) is 105 cm³/mol. The van der Waals surface area contributed by atoms with Gasteiger partial charge in [-0.1, -0.05) is 39.8 Å². The van der Waals surface area contributed by atoms with Gasteiger partial charge in [-0.25, -0.2) is 0 Å². The highest BCUT2D eigenvalue weighted by Crippen LogP contribution is 2.27. The van der Waals surface area contributed by atoms with E-state index in [0.717, 1.165) is 32.5 Å². The maximum atomic E-state index is 5.52. The van der Waals surface area contributed by atoms with E-state index in [1.165, 1.54) is 5.56 Å². The number of nitrogens with zero attached hydrogens (tertiary/aromatic N) is 4. The van der Waals surface area contributed by atoms with Crippen LogP contribution in [0.15, 0.2) is 81.2 Å². The molecule has 0 amide bonds. The fourth-order valence-corrected chi connectivity index (χ4v) is 3.69. The topological polar surface area (TPSA) is 56.7 Å². The molecule has 0 aliphatic rings. The lowest BCUT2D eigenvalue weighted by molar-refractivity contribution is 0.485. The lowest BCUT2D eigenvalue weighted by atomic mass is 10.2. The van der Waals surface area contributed by atoms with E-state index in [0.29, 0.717) is 6.54 Å². The second-order valence-corrected chi connectivity index (χ2v) is 7.49. The molecule has 7 heteroatoms. The van der Waals surface area contributed by atoms with Crippen LogP contribution in [-0.4, -0.2) is 19.7 Å². The first-order valence-corrected chi connectivity index (χ1v) is 9.81. The molecule has 0 bridgehead atoms. The van der Waals surface area contributed by atoms with Crippen LogP contribution < -0.4 is 0 Å². The van der Waals surface area contributed by atoms with Crippen molar-refractivity contribution in [3.05, 3.63) is 83.0 Å². The zero-order chi connectivity index (χ0) is 17.8. The van der Waals surface area contributed by atoms with Crippen LogP contribution in [0.1, 0.15) is 11.3 Å². The van der Waals surface area contributed by atoms with Gasteiger partial charge in [0.2, 0.25) is 0 Å². The van der Waals surface area contributed by atoms with Crippen LogP contribution in [0.3, 0.4) is 0 Å². The van der Waals surface area contributed by atoms with Crippen molar-refractivity contribution < 1.29 is 4.42 Å². The highest BCUT2D eigenvalue weighted by Gasteiger charge is 2.16. The quantitative estimate of drug-likeness (QED) is 0.404. The first-order chi connectivity index (χ1) is 12.8. The number of hydrogen-bond acceptors (Lipinski definition) is 5. The van der Waals surface area contributed by atoms with Crippen molar-refractivity contribution in [1.82, 2.24) is 19.7 Å². The summed E-state index contributed by atoms with van der Waals surface area (Å²) in [5.74, 6) is 2.46. The number of benzene rings is 1. The monoisotopic (exact) mass is 426 g/mol. The van der Waals surface area contributed by atoms with Crippen molar-refractivity contribution in [3.8, 4) is 11.4 Å². The Morgan fingerprint density at radius 1 is 1.04 bits per heavy atom. The second-order valence-electron chi connectivity index (χ2n) is 5.63. The number of halogens is 1. The van der Waals surface area contributed by atoms with E-state index in [4.69, 9.17) is 4.42 Å². The van der Waals surface area contributed by atoms with Gasteiger partial charge in [0.25, 0.3) is 0 Å². The Labute approximate surface area is 163 Å². The summed E-state index contributed by atoms with van der Waals surface area (Å²) in [5.41, 5.74) is 2.16. The number of aromatic nitrogens is 4. The van der Waals surface area contributed by atoms with Gasteiger partial charge in [-0.2, -0.15) is 0 Å². The summed E-state index contributed by atoms with van der Waals surface area (Å²) in [6, 6.07) is 16.0. The molecule has 0 radical (unpaired) electrons. The van der Waals surface area contributed by atoms with Crippen LogP contribution in [0.25, 0.3) is 11.4 Å². The maximum absolute atomic E-state index is 5.52. The van der Waals surface area contributed by atoms with Crippen LogP contribution in [0.5, 0.6) is 0 Å². The van der Waals surface area contributed by atoms with Crippen molar-refractivity contribution >= 4 is 27.7 Å². The minimum absolute atomic E-state index is 0.576. The van der Waals surface area contributed by atoms with Gasteiger partial charge in [0, 0.05) is 28.2 Å². The summed E-state index contributed by atoms with van der Waals surface area (Å²) < 4.78 is 8.67. The van der Waals surface area contributed by atoms with E-state index in [9.17, 15) is 0 Å². The van der Waals surface area contributed by atoms with Gasteiger partial charge in [0.05, 0.1) is 12.8 Å². The van der Waals surface area contributed by atoms with Crippen LogP contribution >= 0.6 is 27.7 Å². The van der Waals surface area contributed by atoms with Crippen molar-refractivity contribution in [2.45, 2.75) is 17.5 Å². The summed E-state index contributed by atoms with van der Waals surface area (Å²) >= 11 is 5.12. The molecule has 0 fully saturated rings. The molecule has 4 aromatic rings. The van der Waals surface area contributed by atoms with Crippen molar-refractivity contribution in [1.29, 1.82) is 0 Å². The number of hydrogen-bond donors (Lipinski definition) is 0. The third kappa shape index (κ3) is 3.89. The van der Waals surface area contributed by atoms with Gasteiger partial charge in [-0.05, 0) is 42.0 Å². The largest absolute Gasteiger partial charge is 0.467 e. The molecule has 0 aliphatic heterocycles. The highest BCUT2D eigenvalue weighted by atomic mass is 79.9. The van der Waals surface area contributed by atoms with E-state index in [1.54, 1.807) is 30.4 Å². The standard InChI is InChI=1S/C19H15BrN4OS/c20-16-7-5-14(6-8-16)13-26-19-23-22-18(15-3-1-9-21-11-15)24(19)12-17-4-2-10-25-17/h1-11H,12-13H2. The molecule has 3 heterocycles. The first-order valence-electron chi connectivity index (χ1n) is 8.03. The molecule has 0 spiro atoms. The molecular formula is C19H15BrN4OS. The first kappa shape index (κ1) is 17.1. The van der Waals surface area contributed by atoms with Crippen LogP contribution in [-0.2, 0) is 12.3 Å². The molecule has 0 N–H and O–H groups in total. The number of pyridine rings is 1. The van der Waals surface area contributed by atoms with Crippen LogP contribution in [0.2, 0.25) is 0 Å². The molecule has 0 aliphatic carbocycles. The van der Waals surface area contributed by atoms with Crippen molar-refractivity contribution in [3.63, 3.8) is 0 Å². The Morgan fingerprint density at radius 3 is 2.65 bits per heavy atom. The van der Waals surface area contributed by atoms with Gasteiger partial charge in [-0.15, -0.1) is 10.2 Å². The summed E-state index contributed by atoms with van der Waals surface area (Å²) in [7, 11) is 0. The molecule has 0 atom stereocenters. The van der Waals surface area contributed by atoms with Crippen molar-refractivity contribution in [2.24, 2.45) is 0 Å². The minimum Gasteiger partial charge on any atom is -0.467 e. The fourth-order valence-electron chi connectivity index (χ4n) is 2.53. The van der Waals surface area contributed by atoms with Crippen LogP contribution in [0, 0.1) is 0 Å². The third-order valence-electron chi connectivity index (χ3n) is 3.81. The Balaban J connectivity index is 1.63. The Kier molecular flexibility index (Phi) is 5.17. The third-order valence-corrected chi connectivity index (χ3v) is 5.38. The molecule has 0 saturated carbocycles. The summed E-state index contributed by atoms with van der Waals surface area (Å²) in [4.78, 5) is 4.19. The zero-order valence-corrected chi connectivity index (χ0v) is 16.2. The average Bonchev–Trinajstić information content (AvgIpc) is 3.33. The second kappa shape index (κ2) is 7.88. The molecule has 1 aromatic carbocycles. The van der Waals surface area contributed by atoms with Gasteiger partial charge in [-0.3, -0.25) is 9.55 Å². The van der Waals surface area contributed by atoms with Gasteiger partial charge < -0.3 is 4.42 Å². The van der Waals surface area contributed by atoms with E-state index < -0.39 is 0 Å². The molecule has 4 rings (SSSR count). The minimum atomic E-state index is 0.576. The lowest BCUT2D eigenvalue weighted by Crippen LogP contribution is -2.03. The SMILES string of the molecule is Brc1ccc(CSc2nnc(-c3cccnc3)n2Cc2ccco2)cc1. The molecule has 3 aromatic heterocycles. The van der Waals surface area contributed by atoms with Crippen molar-refractivity contribution in [2.75, 3.05) is 0 Å². The molecule has 130 valence electrons. The summed E-state index contributed by atoms with van der Waals surface area (Å²) in [5, 5.41) is 9.65. The lowest BCUT2D eigenvalue weighted by Gasteiger charge is -2.09. The Bertz CT molecular complexity index is 969. The predicted octanol–water partition coefficient (Wildman–Crippen LogP) is 5.04. The van der Waals surface area contributed by atoms with E-state index in [2.05, 4.69) is 47.8 Å². The van der Waals surface area contributed by atoms with E-state index in [-0.39, 0.29) is 0 Å². The van der Waals surface area contributed by atoms with E-state index >= 15 is 0 Å². The number of rotatable bonds is 6. The molecule has 5 nitrogen and oxygen atoms in total. The van der Waals surface area contributed by atoms with E-state index in [1.807, 2.05) is 36.4 Å². The molecule has 26 heavy (non-hydrogen) atoms. The summed E-state index contributed by atoms with van der Waals surface area (Å²) in [6.07, 6.45) is 5.23. The molecule has 0 unspecified atom stereocenters. The number of thioether (sulfide) groups is 1. The Morgan fingerprint density at radius 2 is 1.92 bits per heavy atom. The fraction of sp³-hybridized carbons (Fsp3) is 0.105. The number of furan rings is 1. The molecule has 0 saturated heterocycles. The highest BCUT2D eigenvalue weighted by molar-refractivity contribution is 9.10. The Hall–Kier alpha value is -2.38. The average molecular weight is 427 g/mol.